The minimum atomic E-state index is -0.0680. The molecule has 2 N–H and O–H groups in total. The van der Waals surface area contributed by atoms with Crippen molar-refractivity contribution in [1.82, 2.24) is 20.4 Å². The number of nitrogens with one attached hydrogen (secondary N) is 2. The highest BCUT2D eigenvalue weighted by atomic mass is 35.5. The topological polar surface area (TPSA) is 58.9 Å². The fourth-order valence-electron chi connectivity index (χ4n) is 2.52. The van der Waals surface area contributed by atoms with Crippen LogP contribution < -0.4 is 10.6 Å². The second-order valence-corrected chi connectivity index (χ2v) is 5.92. The van der Waals surface area contributed by atoms with Crippen molar-refractivity contribution in [3.8, 4) is 0 Å². The van der Waals surface area contributed by atoms with Crippen LogP contribution in [0.4, 0.5) is 0 Å². The van der Waals surface area contributed by atoms with Crippen LogP contribution in [0.25, 0.3) is 0 Å². The van der Waals surface area contributed by atoms with Gasteiger partial charge in [-0.2, -0.15) is 5.10 Å². The van der Waals surface area contributed by atoms with Gasteiger partial charge in [0.2, 0.25) is 0 Å². The largest absolute Gasteiger partial charge is 0.352 e. The molecule has 7 heteroatoms. The van der Waals surface area contributed by atoms with E-state index < -0.39 is 0 Å². The molecule has 0 saturated heterocycles. The Morgan fingerprint density at radius 3 is 2.62 bits per heavy atom. The molecule has 0 aliphatic carbocycles. The molecule has 0 unspecified atom stereocenters. The van der Waals surface area contributed by atoms with Crippen molar-refractivity contribution >= 4 is 29.9 Å². The van der Waals surface area contributed by atoms with Crippen LogP contribution in [-0.2, 0) is 6.54 Å². The molecule has 1 aromatic heterocycles. The Kier molecular flexibility index (Phi) is 8.25. The molecule has 0 atom stereocenters. The number of benzene rings is 1. The van der Waals surface area contributed by atoms with Gasteiger partial charge in [-0.15, -0.1) is 12.4 Å². The first-order chi connectivity index (χ1) is 11.0. The van der Waals surface area contributed by atoms with Gasteiger partial charge in [-0.25, -0.2) is 0 Å². The predicted octanol–water partition coefficient (Wildman–Crippen LogP) is 2.96. The third kappa shape index (κ3) is 4.97. The summed E-state index contributed by atoms with van der Waals surface area (Å²) in [6.07, 6.45) is 0.897. The van der Waals surface area contributed by atoms with E-state index in [1.807, 2.05) is 49.8 Å². The molecule has 24 heavy (non-hydrogen) atoms. The first-order valence-corrected chi connectivity index (χ1v) is 8.12. The molecule has 0 aliphatic rings. The van der Waals surface area contributed by atoms with Gasteiger partial charge in [-0.05, 0) is 45.5 Å². The summed E-state index contributed by atoms with van der Waals surface area (Å²) in [6.45, 7) is 5.86. The number of amides is 1. The zero-order chi connectivity index (χ0) is 16.8. The van der Waals surface area contributed by atoms with Gasteiger partial charge in [-0.1, -0.05) is 29.8 Å². The Bertz CT molecular complexity index is 685. The van der Waals surface area contributed by atoms with Crippen LogP contribution in [0, 0.1) is 13.8 Å². The number of hydrogen-bond acceptors (Lipinski definition) is 3. The second kappa shape index (κ2) is 9.67. The Morgan fingerprint density at radius 1 is 1.25 bits per heavy atom. The van der Waals surface area contributed by atoms with Gasteiger partial charge in [0.1, 0.15) is 0 Å². The minimum Gasteiger partial charge on any atom is -0.352 e. The highest BCUT2D eigenvalue weighted by Gasteiger charge is 2.18. The monoisotopic (exact) mass is 370 g/mol. The lowest BCUT2D eigenvalue weighted by atomic mass is 10.1. The van der Waals surface area contributed by atoms with Crippen LogP contribution in [0.15, 0.2) is 24.3 Å². The van der Waals surface area contributed by atoms with Gasteiger partial charge >= 0.3 is 0 Å². The summed E-state index contributed by atoms with van der Waals surface area (Å²) in [4.78, 5) is 12.4. The summed E-state index contributed by atoms with van der Waals surface area (Å²) in [5.74, 6) is -0.0680. The minimum absolute atomic E-state index is 0. The third-order valence-electron chi connectivity index (χ3n) is 3.78. The van der Waals surface area contributed by atoms with Crippen molar-refractivity contribution in [1.29, 1.82) is 0 Å². The number of aromatic nitrogens is 2. The average molecular weight is 371 g/mol. The molecule has 0 radical (unpaired) electrons. The van der Waals surface area contributed by atoms with Crippen LogP contribution in [-0.4, -0.2) is 35.8 Å². The summed E-state index contributed by atoms with van der Waals surface area (Å²) in [7, 11) is 1.90. The van der Waals surface area contributed by atoms with Gasteiger partial charge in [0, 0.05) is 17.3 Å². The van der Waals surface area contributed by atoms with Crippen LogP contribution in [0.3, 0.4) is 0 Å². The molecule has 1 heterocycles. The van der Waals surface area contributed by atoms with E-state index in [-0.39, 0.29) is 18.3 Å². The number of halogens is 2. The maximum atomic E-state index is 12.4. The predicted molar refractivity (Wildman–Crippen MR) is 100 cm³/mol. The molecular formula is C17H24Cl2N4O. The second-order valence-electron chi connectivity index (χ2n) is 5.51. The van der Waals surface area contributed by atoms with Crippen molar-refractivity contribution in [2.75, 3.05) is 20.1 Å². The van der Waals surface area contributed by atoms with Crippen LogP contribution in [0.1, 0.15) is 33.7 Å². The molecule has 0 fully saturated rings. The van der Waals surface area contributed by atoms with Crippen LogP contribution in [0.5, 0.6) is 0 Å². The van der Waals surface area contributed by atoms with Crippen molar-refractivity contribution in [2.24, 2.45) is 0 Å². The molecule has 5 nitrogen and oxygen atoms in total. The summed E-state index contributed by atoms with van der Waals surface area (Å²) < 4.78 is 1.83. The van der Waals surface area contributed by atoms with E-state index in [9.17, 15) is 4.79 Å². The Hall–Kier alpha value is -1.56. The highest BCUT2D eigenvalue weighted by molar-refractivity contribution is 6.31. The first-order valence-electron chi connectivity index (χ1n) is 7.74. The van der Waals surface area contributed by atoms with Gasteiger partial charge in [-0.3, -0.25) is 9.48 Å². The molecule has 132 valence electrons. The van der Waals surface area contributed by atoms with E-state index in [0.29, 0.717) is 23.7 Å². The summed E-state index contributed by atoms with van der Waals surface area (Å²) in [6, 6.07) is 7.67. The van der Waals surface area contributed by atoms with Gasteiger partial charge < -0.3 is 10.6 Å². The fraction of sp³-hybridized carbons (Fsp3) is 0.412. The quantitative estimate of drug-likeness (QED) is 0.736. The number of aryl methyl sites for hydroxylation is 1. The van der Waals surface area contributed by atoms with Crippen molar-refractivity contribution < 1.29 is 4.79 Å². The Labute approximate surface area is 154 Å². The van der Waals surface area contributed by atoms with E-state index in [4.69, 9.17) is 11.6 Å². The molecule has 0 aliphatic heterocycles. The zero-order valence-electron chi connectivity index (χ0n) is 14.2. The van der Waals surface area contributed by atoms with E-state index in [2.05, 4.69) is 15.7 Å². The Morgan fingerprint density at radius 2 is 1.96 bits per heavy atom. The van der Waals surface area contributed by atoms with E-state index in [1.165, 1.54) is 0 Å². The van der Waals surface area contributed by atoms with Crippen LogP contribution in [0.2, 0.25) is 5.02 Å². The highest BCUT2D eigenvalue weighted by Crippen LogP contribution is 2.19. The number of carbonyl (C=O) groups is 1. The fourth-order valence-corrected chi connectivity index (χ4v) is 2.72. The average Bonchev–Trinajstić information content (AvgIpc) is 2.80. The van der Waals surface area contributed by atoms with Gasteiger partial charge in [0.15, 0.2) is 0 Å². The lowest BCUT2D eigenvalue weighted by Gasteiger charge is -2.08. The SMILES string of the molecule is CNCCCNC(=O)c1c(C)nn(Cc2ccccc2Cl)c1C.Cl. The lowest BCUT2D eigenvalue weighted by molar-refractivity contribution is 0.0952. The summed E-state index contributed by atoms with van der Waals surface area (Å²) in [5.41, 5.74) is 3.23. The molecule has 2 aromatic rings. The number of carbonyl (C=O) groups excluding carboxylic acids is 1. The van der Waals surface area contributed by atoms with Gasteiger partial charge in [0.05, 0.1) is 17.8 Å². The molecule has 0 saturated carbocycles. The Balaban J connectivity index is 0.00000288. The normalized spacial score (nSPS) is 10.3. The summed E-state index contributed by atoms with van der Waals surface area (Å²) >= 11 is 6.21. The third-order valence-corrected chi connectivity index (χ3v) is 4.14. The molecule has 1 amide bonds. The molecule has 1 aromatic carbocycles. The van der Waals surface area contributed by atoms with Gasteiger partial charge in [0.25, 0.3) is 5.91 Å². The molecular weight excluding hydrogens is 347 g/mol. The maximum absolute atomic E-state index is 12.4. The summed E-state index contributed by atoms with van der Waals surface area (Å²) in [5, 5.41) is 11.2. The lowest BCUT2D eigenvalue weighted by Crippen LogP contribution is -2.27. The van der Waals surface area contributed by atoms with Crippen molar-refractivity contribution in [2.45, 2.75) is 26.8 Å². The maximum Gasteiger partial charge on any atom is 0.255 e. The molecule has 0 bridgehead atoms. The number of rotatable bonds is 7. The molecule has 0 spiro atoms. The first kappa shape index (κ1) is 20.5. The standard InChI is InChI=1S/C17H23ClN4O.ClH/c1-12-16(17(23)20-10-6-9-19-3)13(2)22(21-12)11-14-7-4-5-8-15(14)18;/h4-5,7-8,19H,6,9-11H2,1-3H3,(H,20,23);1H. The molecule has 2 rings (SSSR count). The zero-order valence-corrected chi connectivity index (χ0v) is 15.8. The van der Waals surface area contributed by atoms with Crippen molar-refractivity contribution in [3.63, 3.8) is 0 Å². The van der Waals surface area contributed by atoms with E-state index >= 15 is 0 Å². The van der Waals surface area contributed by atoms with E-state index in [1.54, 1.807) is 0 Å². The van der Waals surface area contributed by atoms with E-state index in [0.717, 1.165) is 29.9 Å². The smallest absolute Gasteiger partial charge is 0.255 e. The van der Waals surface area contributed by atoms with Crippen LogP contribution >= 0.6 is 24.0 Å². The number of hydrogen-bond donors (Lipinski definition) is 2. The van der Waals surface area contributed by atoms with Crippen molar-refractivity contribution in [3.05, 3.63) is 51.8 Å². The number of nitrogens with zero attached hydrogens (tertiary/aromatic N) is 2.